The molecule has 1 aromatic heterocycles. The van der Waals surface area contributed by atoms with Crippen LogP contribution in [0.2, 0.25) is 5.22 Å². The molecule has 0 radical (unpaired) electrons. The van der Waals surface area contributed by atoms with E-state index in [-0.39, 0.29) is 6.04 Å². The van der Waals surface area contributed by atoms with Gasteiger partial charge in [-0.15, -0.1) is 11.8 Å². The van der Waals surface area contributed by atoms with E-state index in [4.69, 9.17) is 21.8 Å². The van der Waals surface area contributed by atoms with Crippen molar-refractivity contribution in [2.24, 2.45) is 5.73 Å². The second-order valence-corrected chi connectivity index (χ2v) is 3.06. The van der Waals surface area contributed by atoms with Crippen LogP contribution in [0.4, 0.5) is 0 Å². The Bertz CT molecular complexity index is 321. The molecule has 0 fully saturated rings. The first-order chi connectivity index (χ1) is 6.25. The van der Waals surface area contributed by atoms with Gasteiger partial charge in [0.2, 0.25) is 0 Å². The monoisotopic (exact) mass is 197 g/mol. The van der Waals surface area contributed by atoms with Crippen molar-refractivity contribution in [1.29, 1.82) is 0 Å². The van der Waals surface area contributed by atoms with Crippen LogP contribution in [0.5, 0.6) is 0 Å². The lowest BCUT2D eigenvalue weighted by Gasteiger charge is -2.06. The third kappa shape index (κ3) is 2.80. The second-order valence-electron chi connectivity index (χ2n) is 2.72. The molecular weight excluding hydrogens is 186 g/mol. The lowest BCUT2D eigenvalue weighted by atomic mass is 10.1. The fraction of sp³-hybridized carbons (Fsp3) is 0.400. The van der Waals surface area contributed by atoms with Gasteiger partial charge in [0, 0.05) is 18.0 Å². The quantitative estimate of drug-likeness (QED) is 0.757. The van der Waals surface area contributed by atoms with Gasteiger partial charge in [0.15, 0.2) is 5.22 Å². The normalized spacial score (nSPS) is 11.9. The summed E-state index contributed by atoms with van der Waals surface area (Å²) in [7, 11) is 0. The Kier molecular flexibility index (Phi) is 3.88. The largest absolute Gasteiger partial charge is 0.453 e. The van der Waals surface area contributed by atoms with E-state index < -0.39 is 0 Å². The van der Waals surface area contributed by atoms with Gasteiger partial charge in [-0.25, -0.2) is 0 Å². The molecule has 0 bridgehead atoms. The van der Waals surface area contributed by atoms with E-state index in [1.165, 1.54) is 0 Å². The van der Waals surface area contributed by atoms with Gasteiger partial charge in [-0.05, 0) is 31.0 Å². The van der Waals surface area contributed by atoms with E-state index in [0.29, 0.717) is 5.22 Å². The molecule has 70 valence electrons. The summed E-state index contributed by atoms with van der Waals surface area (Å²) in [5.74, 6) is 5.78. The first-order valence-electron chi connectivity index (χ1n) is 4.13. The molecule has 0 saturated carbocycles. The standard InChI is InChI=1S/C10H12ClNO/c1-2-3-4-5-9(12)8-6-7-13-10(8)11/h6-7,9H,4-5,12H2,1H3. The van der Waals surface area contributed by atoms with Gasteiger partial charge in [0.25, 0.3) is 0 Å². The molecule has 3 heteroatoms. The molecule has 2 nitrogen and oxygen atoms in total. The molecule has 0 aliphatic rings. The van der Waals surface area contributed by atoms with E-state index in [1.807, 2.05) is 6.92 Å². The van der Waals surface area contributed by atoms with Crippen molar-refractivity contribution in [3.8, 4) is 11.8 Å². The molecule has 2 N–H and O–H groups in total. The predicted molar refractivity (Wildman–Crippen MR) is 53.3 cm³/mol. The first-order valence-corrected chi connectivity index (χ1v) is 4.51. The average molecular weight is 198 g/mol. The second kappa shape index (κ2) is 4.96. The number of rotatable bonds is 3. The van der Waals surface area contributed by atoms with Gasteiger partial charge in [0.05, 0.1) is 6.26 Å². The van der Waals surface area contributed by atoms with Crippen LogP contribution in [0, 0.1) is 11.8 Å². The minimum Gasteiger partial charge on any atom is -0.453 e. The first kappa shape index (κ1) is 10.2. The lowest BCUT2D eigenvalue weighted by molar-refractivity contribution is 0.557. The molecule has 1 atom stereocenters. The Balaban J connectivity index is 2.52. The van der Waals surface area contributed by atoms with Crippen molar-refractivity contribution >= 4 is 11.6 Å². The topological polar surface area (TPSA) is 39.2 Å². The van der Waals surface area contributed by atoms with Crippen LogP contribution in [0.25, 0.3) is 0 Å². The van der Waals surface area contributed by atoms with E-state index in [0.717, 1.165) is 18.4 Å². The summed E-state index contributed by atoms with van der Waals surface area (Å²) >= 11 is 5.76. The van der Waals surface area contributed by atoms with E-state index in [1.54, 1.807) is 12.3 Å². The zero-order chi connectivity index (χ0) is 9.68. The number of halogens is 1. The highest BCUT2D eigenvalue weighted by Gasteiger charge is 2.11. The van der Waals surface area contributed by atoms with Gasteiger partial charge in [0.1, 0.15) is 0 Å². The van der Waals surface area contributed by atoms with Crippen molar-refractivity contribution in [3.05, 3.63) is 23.1 Å². The van der Waals surface area contributed by atoms with Crippen LogP contribution in [-0.2, 0) is 0 Å². The molecule has 0 amide bonds. The molecule has 0 aromatic carbocycles. The Morgan fingerprint density at radius 2 is 2.46 bits per heavy atom. The number of furan rings is 1. The third-order valence-corrected chi connectivity index (χ3v) is 2.11. The third-order valence-electron chi connectivity index (χ3n) is 1.80. The van der Waals surface area contributed by atoms with E-state index in [9.17, 15) is 0 Å². The van der Waals surface area contributed by atoms with Crippen molar-refractivity contribution < 1.29 is 4.42 Å². The lowest BCUT2D eigenvalue weighted by Crippen LogP contribution is -2.09. The summed E-state index contributed by atoms with van der Waals surface area (Å²) in [5.41, 5.74) is 6.73. The Labute approximate surface area is 83.1 Å². The van der Waals surface area contributed by atoms with Crippen LogP contribution in [0.1, 0.15) is 31.4 Å². The fourth-order valence-electron chi connectivity index (χ4n) is 1.08. The minimum atomic E-state index is -0.0768. The van der Waals surface area contributed by atoms with Gasteiger partial charge < -0.3 is 10.2 Å². The summed E-state index contributed by atoms with van der Waals surface area (Å²) in [4.78, 5) is 0. The zero-order valence-electron chi connectivity index (χ0n) is 7.51. The Hall–Kier alpha value is -0.910. The molecule has 0 saturated heterocycles. The molecule has 0 spiro atoms. The maximum Gasteiger partial charge on any atom is 0.197 e. The van der Waals surface area contributed by atoms with Gasteiger partial charge >= 0.3 is 0 Å². The molecule has 1 aromatic rings. The van der Waals surface area contributed by atoms with Crippen LogP contribution in [0.15, 0.2) is 16.7 Å². The number of hydrogen-bond acceptors (Lipinski definition) is 2. The SMILES string of the molecule is CC#CCCC(N)c1ccoc1Cl. The Morgan fingerprint density at radius 1 is 1.69 bits per heavy atom. The molecule has 1 unspecified atom stereocenters. The van der Waals surface area contributed by atoms with Crippen LogP contribution in [0.3, 0.4) is 0 Å². The van der Waals surface area contributed by atoms with Crippen molar-refractivity contribution in [2.75, 3.05) is 0 Å². The number of nitrogens with two attached hydrogens (primary N) is 1. The van der Waals surface area contributed by atoms with Crippen LogP contribution in [-0.4, -0.2) is 0 Å². The van der Waals surface area contributed by atoms with Gasteiger partial charge in [-0.3, -0.25) is 0 Å². The van der Waals surface area contributed by atoms with Crippen LogP contribution < -0.4 is 5.73 Å². The summed E-state index contributed by atoms with van der Waals surface area (Å²) in [6.07, 6.45) is 3.14. The number of hydrogen-bond donors (Lipinski definition) is 1. The van der Waals surface area contributed by atoms with Crippen molar-refractivity contribution in [3.63, 3.8) is 0 Å². The summed E-state index contributed by atoms with van der Waals surface area (Å²) < 4.78 is 4.94. The highest BCUT2D eigenvalue weighted by atomic mass is 35.5. The molecule has 13 heavy (non-hydrogen) atoms. The smallest absolute Gasteiger partial charge is 0.197 e. The fourth-order valence-corrected chi connectivity index (χ4v) is 1.33. The molecule has 1 heterocycles. The molecular formula is C10H12ClNO. The molecule has 0 aliphatic heterocycles. The summed E-state index contributed by atoms with van der Waals surface area (Å²) in [6.45, 7) is 1.82. The maximum atomic E-state index is 5.87. The zero-order valence-corrected chi connectivity index (χ0v) is 8.27. The highest BCUT2D eigenvalue weighted by molar-refractivity contribution is 6.29. The van der Waals surface area contributed by atoms with Gasteiger partial charge in [-0.1, -0.05) is 0 Å². The van der Waals surface area contributed by atoms with E-state index >= 15 is 0 Å². The molecule has 1 rings (SSSR count). The molecule has 0 aliphatic carbocycles. The average Bonchev–Trinajstić information content (AvgIpc) is 2.52. The summed E-state index contributed by atoms with van der Waals surface area (Å²) in [5, 5.41) is 0.386. The Morgan fingerprint density at radius 3 is 3.00 bits per heavy atom. The minimum absolute atomic E-state index is 0.0768. The van der Waals surface area contributed by atoms with Gasteiger partial charge in [-0.2, -0.15) is 0 Å². The van der Waals surface area contributed by atoms with E-state index in [2.05, 4.69) is 11.8 Å². The predicted octanol–water partition coefficient (Wildman–Crippen LogP) is 2.74. The summed E-state index contributed by atoms with van der Waals surface area (Å²) in [6, 6.07) is 1.72. The highest BCUT2D eigenvalue weighted by Crippen LogP contribution is 2.24. The van der Waals surface area contributed by atoms with Crippen LogP contribution >= 0.6 is 11.6 Å². The van der Waals surface area contributed by atoms with Crippen molar-refractivity contribution in [2.45, 2.75) is 25.8 Å². The van der Waals surface area contributed by atoms with Crippen molar-refractivity contribution in [1.82, 2.24) is 0 Å². The maximum absolute atomic E-state index is 5.87.